The fraction of sp³-hybridized carbons (Fsp3) is 0.667. The van der Waals surface area contributed by atoms with E-state index in [4.69, 9.17) is 34.8 Å². The largest absolute Gasteiger partial charge is 0.384 e. The number of alkyl halides is 3. The molecule has 1 aromatic heterocycles. The Morgan fingerprint density at radius 1 is 1.40 bits per heavy atom. The van der Waals surface area contributed by atoms with Gasteiger partial charge < -0.3 is 5.11 Å². The summed E-state index contributed by atoms with van der Waals surface area (Å²) >= 11 is 17.0. The summed E-state index contributed by atoms with van der Waals surface area (Å²) in [6.07, 6.45) is -1.15. The van der Waals surface area contributed by atoms with Crippen LogP contribution in [0.25, 0.3) is 0 Å². The van der Waals surface area contributed by atoms with Gasteiger partial charge in [0.25, 0.3) is 0 Å². The molecule has 1 aromatic rings. The molecule has 0 aliphatic rings. The van der Waals surface area contributed by atoms with Gasteiger partial charge in [0.05, 0.1) is 5.69 Å². The molecule has 0 saturated carbocycles. The predicted molar refractivity (Wildman–Crippen MR) is 62.6 cm³/mol. The third-order valence-corrected chi connectivity index (χ3v) is 2.94. The molecule has 0 aliphatic heterocycles. The topological polar surface area (TPSA) is 38.0 Å². The molecule has 3 nitrogen and oxygen atoms in total. The fourth-order valence-corrected chi connectivity index (χ4v) is 1.91. The molecule has 0 radical (unpaired) electrons. The Labute approximate surface area is 104 Å². The van der Waals surface area contributed by atoms with Gasteiger partial charge in [-0.3, -0.25) is 4.68 Å². The molecular formula is C9H13Cl3N2O. The molecule has 0 amide bonds. The summed E-state index contributed by atoms with van der Waals surface area (Å²) in [6.45, 7) is 6.32. The van der Waals surface area contributed by atoms with E-state index in [0.717, 1.165) is 12.2 Å². The lowest BCUT2D eigenvalue weighted by atomic mass is 10.1. The van der Waals surface area contributed by atoms with Crippen molar-refractivity contribution in [2.24, 2.45) is 0 Å². The van der Waals surface area contributed by atoms with Crippen LogP contribution in [0, 0.1) is 13.8 Å². The zero-order valence-electron chi connectivity index (χ0n) is 8.76. The molecule has 0 saturated heterocycles. The molecule has 6 heteroatoms. The molecule has 0 fully saturated rings. The first-order valence-corrected chi connectivity index (χ1v) is 5.71. The Balaban J connectivity index is 3.20. The SMILES string of the molecule is CCn1nc(C)c(C(O)C(Cl)(Cl)Cl)c1C. The summed E-state index contributed by atoms with van der Waals surface area (Å²) in [4.78, 5) is 0. The molecule has 0 bridgehead atoms. The van der Waals surface area contributed by atoms with Crippen molar-refractivity contribution in [1.29, 1.82) is 0 Å². The minimum absolute atomic E-state index is 0.594. The first-order valence-electron chi connectivity index (χ1n) is 4.57. The highest BCUT2D eigenvalue weighted by atomic mass is 35.6. The van der Waals surface area contributed by atoms with Crippen LogP contribution in [0.15, 0.2) is 0 Å². The van der Waals surface area contributed by atoms with Crippen LogP contribution in [0.5, 0.6) is 0 Å². The maximum Gasteiger partial charge on any atom is 0.220 e. The average Bonchev–Trinajstić information content (AvgIpc) is 2.39. The molecule has 86 valence electrons. The number of aliphatic hydroxyl groups is 1. The van der Waals surface area contributed by atoms with Crippen LogP contribution in [-0.4, -0.2) is 18.7 Å². The standard InChI is InChI=1S/C9H13Cl3N2O/c1-4-14-6(3)7(5(2)13-14)8(15)9(10,11)12/h8,15H,4H2,1-3H3. The number of halogens is 3. The van der Waals surface area contributed by atoms with Gasteiger partial charge in [-0.2, -0.15) is 5.10 Å². The Kier molecular flexibility index (Phi) is 3.93. The number of aliphatic hydroxyl groups excluding tert-OH is 1. The third-order valence-electron chi connectivity index (χ3n) is 2.32. The third kappa shape index (κ3) is 2.59. The predicted octanol–water partition coefficient (Wildman–Crippen LogP) is 2.92. The average molecular weight is 272 g/mol. The van der Waals surface area contributed by atoms with Crippen LogP contribution in [-0.2, 0) is 6.54 Å². The molecule has 1 unspecified atom stereocenters. The molecule has 0 spiro atoms. The van der Waals surface area contributed by atoms with Gasteiger partial charge in [-0.15, -0.1) is 0 Å². The summed E-state index contributed by atoms with van der Waals surface area (Å²) in [6, 6.07) is 0. The summed E-state index contributed by atoms with van der Waals surface area (Å²) in [5.74, 6) is 0. The molecule has 1 heterocycles. The van der Waals surface area contributed by atoms with Crippen molar-refractivity contribution in [3.63, 3.8) is 0 Å². The number of aryl methyl sites for hydroxylation is 2. The van der Waals surface area contributed by atoms with Gasteiger partial charge in [0.1, 0.15) is 6.10 Å². The number of nitrogens with zero attached hydrogens (tertiary/aromatic N) is 2. The van der Waals surface area contributed by atoms with E-state index in [1.165, 1.54) is 0 Å². The van der Waals surface area contributed by atoms with Crippen molar-refractivity contribution in [1.82, 2.24) is 9.78 Å². The highest BCUT2D eigenvalue weighted by molar-refractivity contribution is 6.68. The van der Waals surface area contributed by atoms with Crippen molar-refractivity contribution >= 4 is 34.8 Å². The second-order valence-corrected chi connectivity index (χ2v) is 5.71. The quantitative estimate of drug-likeness (QED) is 0.840. The molecule has 1 N–H and O–H groups in total. The van der Waals surface area contributed by atoms with Crippen LogP contribution < -0.4 is 0 Å². The van der Waals surface area contributed by atoms with Crippen LogP contribution >= 0.6 is 34.8 Å². The van der Waals surface area contributed by atoms with Crippen molar-refractivity contribution in [3.05, 3.63) is 17.0 Å². The lowest BCUT2D eigenvalue weighted by molar-refractivity contribution is 0.181. The summed E-state index contributed by atoms with van der Waals surface area (Å²) in [7, 11) is 0. The number of hydrogen-bond donors (Lipinski definition) is 1. The van der Waals surface area contributed by atoms with Gasteiger partial charge >= 0.3 is 0 Å². The van der Waals surface area contributed by atoms with E-state index in [0.29, 0.717) is 11.3 Å². The van der Waals surface area contributed by atoms with E-state index in [1.54, 1.807) is 11.6 Å². The maximum absolute atomic E-state index is 9.88. The van der Waals surface area contributed by atoms with E-state index in [-0.39, 0.29) is 0 Å². The van der Waals surface area contributed by atoms with Crippen molar-refractivity contribution in [2.75, 3.05) is 0 Å². The van der Waals surface area contributed by atoms with E-state index in [1.807, 2.05) is 13.8 Å². The highest BCUT2D eigenvalue weighted by Gasteiger charge is 2.35. The summed E-state index contributed by atoms with van der Waals surface area (Å²) < 4.78 is 0.0431. The Bertz CT molecular complexity index is 357. The normalized spacial score (nSPS) is 14.3. The first kappa shape index (κ1) is 13.1. The van der Waals surface area contributed by atoms with Gasteiger partial charge in [0.2, 0.25) is 3.79 Å². The number of hydrogen-bond acceptors (Lipinski definition) is 2. The van der Waals surface area contributed by atoms with E-state index in [2.05, 4.69) is 5.10 Å². The van der Waals surface area contributed by atoms with Gasteiger partial charge in [-0.1, -0.05) is 34.8 Å². The molecule has 0 aromatic carbocycles. The fourth-order valence-electron chi connectivity index (χ4n) is 1.58. The summed E-state index contributed by atoms with van der Waals surface area (Å²) in [5, 5.41) is 14.1. The number of aromatic nitrogens is 2. The Morgan fingerprint density at radius 2 is 1.93 bits per heavy atom. The lowest BCUT2D eigenvalue weighted by Crippen LogP contribution is -2.18. The lowest BCUT2D eigenvalue weighted by Gasteiger charge is -2.19. The smallest absolute Gasteiger partial charge is 0.220 e. The summed E-state index contributed by atoms with van der Waals surface area (Å²) in [5.41, 5.74) is 2.11. The zero-order chi connectivity index (χ0) is 11.8. The minimum atomic E-state index is -1.73. The van der Waals surface area contributed by atoms with Crippen molar-refractivity contribution in [2.45, 2.75) is 37.2 Å². The molecule has 15 heavy (non-hydrogen) atoms. The first-order chi connectivity index (χ1) is 6.79. The van der Waals surface area contributed by atoms with E-state index < -0.39 is 9.90 Å². The van der Waals surface area contributed by atoms with Gasteiger partial charge in [-0.25, -0.2) is 0 Å². The van der Waals surface area contributed by atoms with E-state index in [9.17, 15) is 5.11 Å². The van der Waals surface area contributed by atoms with E-state index >= 15 is 0 Å². The molecular weight excluding hydrogens is 258 g/mol. The van der Waals surface area contributed by atoms with Crippen LogP contribution in [0.1, 0.15) is 30.0 Å². The van der Waals surface area contributed by atoms with Crippen molar-refractivity contribution in [3.8, 4) is 0 Å². The molecule has 1 atom stereocenters. The highest BCUT2D eigenvalue weighted by Crippen LogP contribution is 2.41. The number of rotatable bonds is 2. The van der Waals surface area contributed by atoms with Crippen molar-refractivity contribution < 1.29 is 5.11 Å². The van der Waals surface area contributed by atoms with Gasteiger partial charge in [-0.05, 0) is 20.8 Å². The molecule has 0 aliphatic carbocycles. The molecule has 1 rings (SSSR count). The second-order valence-electron chi connectivity index (χ2n) is 3.34. The minimum Gasteiger partial charge on any atom is -0.384 e. The van der Waals surface area contributed by atoms with Crippen LogP contribution in [0.3, 0.4) is 0 Å². The maximum atomic E-state index is 9.88. The zero-order valence-corrected chi connectivity index (χ0v) is 11.0. The Morgan fingerprint density at radius 3 is 2.27 bits per heavy atom. The van der Waals surface area contributed by atoms with Gasteiger partial charge in [0, 0.05) is 17.8 Å². The second kappa shape index (κ2) is 4.50. The van der Waals surface area contributed by atoms with Crippen LogP contribution in [0.4, 0.5) is 0 Å². The van der Waals surface area contributed by atoms with Crippen LogP contribution in [0.2, 0.25) is 0 Å². The monoisotopic (exact) mass is 270 g/mol. The van der Waals surface area contributed by atoms with Gasteiger partial charge in [0.15, 0.2) is 0 Å². The Hall–Kier alpha value is 0.0400.